The van der Waals surface area contributed by atoms with Gasteiger partial charge < -0.3 is 4.90 Å². The monoisotopic (exact) mass is 374 g/mol. The number of anilines is 1. The predicted molar refractivity (Wildman–Crippen MR) is 89.7 cm³/mol. The van der Waals surface area contributed by atoms with Gasteiger partial charge in [0.25, 0.3) is 0 Å². The Morgan fingerprint density at radius 1 is 1.22 bits per heavy atom. The van der Waals surface area contributed by atoms with E-state index in [4.69, 9.17) is 0 Å². The molecule has 0 aliphatic carbocycles. The highest BCUT2D eigenvalue weighted by molar-refractivity contribution is 5.95. The first-order valence-electron chi connectivity index (χ1n) is 8.25. The van der Waals surface area contributed by atoms with Gasteiger partial charge in [0.05, 0.1) is 11.3 Å². The topological polar surface area (TPSA) is 101 Å². The molecule has 138 valence electrons. The van der Waals surface area contributed by atoms with Crippen molar-refractivity contribution in [2.45, 2.75) is 18.8 Å². The minimum Gasteiger partial charge on any atom is -0.370 e. The normalized spacial score (nSPS) is 15.3. The van der Waals surface area contributed by atoms with Crippen LogP contribution in [0.1, 0.15) is 30.1 Å². The van der Waals surface area contributed by atoms with E-state index in [1.165, 1.54) is 0 Å². The number of piperidine rings is 1. The molecule has 27 heavy (non-hydrogen) atoms. The molecule has 4 rings (SSSR count). The number of rotatable bonds is 2. The summed E-state index contributed by atoms with van der Waals surface area (Å²) in [6.07, 6.45) is 2.39. The molecule has 0 atom stereocenters. The van der Waals surface area contributed by atoms with Crippen molar-refractivity contribution in [2.24, 2.45) is 0 Å². The van der Waals surface area contributed by atoms with Crippen LogP contribution in [-0.4, -0.2) is 33.3 Å². The Labute approximate surface area is 150 Å². The first-order valence-corrected chi connectivity index (χ1v) is 8.25. The van der Waals surface area contributed by atoms with Crippen LogP contribution in [0.5, 0.6) is 0 Å². The molecule has 7 nitrogen and oxygen atoms in total. The Kier molecular flexibility index (Phi) is 4.07. The molecular formula is C17H13F3N6O. The lowest BCUT2D eigenvalue weighted by molar-refractivity contribution is 0.452. The molecule has 0 amide bonds. The number of hydrogen-bond acceptors (Lipinski definition) is 5. The van der Waals surface area contributed by atoms with E-state index in [2.05, 4.69) is 20.2 Å². The lowest BCUT2D eigenvalue weighted by Crippen LogP contribution is -2.34. The molecule has 2 N–H and O–H groups in total. The number of hydrogen-bond donors (Lipinski definition) is 2. The zero-order chi connectivity index (χ0) is 19.1. The van der Waals surface area contributed by atoms with Gasteiger partial charge in [-0.05, 0) is 18.9 Å². The number of fused-ring (bicyclic) bond motifs is 1. The summed E-state index contributed by atoms with van der Waals surface area (Å²) < 4.78 is 41.4. The third-order valence-corrected chi connectivity index (χ3v) is 4.81. The van der Waals surface area contributed by atoms with Gasteiger partial charge in [0.1, 0.15) is 17.4 Å². The summed E-state index contributed by atoms with van der Waals surface area (Å²) in [5, 5.41) is 15.7. The molecule has 1 saturated heterocycles. The number of pyridine rings is 1. The lowest BCUT2D eigenvalue weighted by atomic mass is 9.95. The molecule has 0 spiro atoms. The van der Waals surface area contributed by atoms with E-state index in [-0.39, 0.29) is 28.1 Å². The Balaban J connectivity index is 1.73. The van der Waals surface area contributed by atoms with E-state index in [0.29, 0.717) is 37.4 Å². The van der Waals surface area contributed by atoms with Crippen molar-refractivity contribution >= 4 is 16.6 Å². The second kappa shape index (κ2) is 6.42. The summed E-state index contributed by atoms with van der Waals surface area (Å²) in [4.78, 5) is 19.5. The van der Waals surface area contributed by atoms with Crippen LogP contribution >= 0.6 is 0 Å². The molecule has 2 aromatic heterocycles. The summed E-state index contributed by atoms with van der Waals surface area (Å²) in [7, 11) is 0. The smallest absolute Gasteiger partial charge is 0.340 e. The molecule has 3 heterocycles. The number of halogens is 3. The highest BCUT2D eigenvalue weighted by Crippen LogP contribution is 2.36. The van der Waals surface area contributed by atoms with Crippen molar-refractivity contribution in [3.05, 3.63) is 51.6 Å². The van der Waals surface area contributed by atoms with Crippen molar-refractivity contribution in [3.8, 4) is 6.07 Å². The van der Waals surface area contributed by atoms with Crippen LogP contribution in [0.25, 0.3) is 10.9 Å². The number of nitrogens with one attached hydrogen (secondary N) is 2. The Morgan fingerprint density at radius 3 is 2.59 bits per heavy atom. The zero-order valence-corrected chi connectivity index (χ0v) is 13.9. The lowest BCUT2D eigenvalue weighted by Gasteiger charge is -2.33. The maximum absolute atomic E-state index is 14.1. The van der Waals surface area contributed by atoms with Gasteiger partial charge >= 0.3 is 5.69 Å². The summed E-state index contributed by atoms with van der Waals surface area (Å²) in [5.74, 6) is -3.72. The molecule has 3 aromatic rings. The van der Waals surface area contributed by atoms with Gasteiger partial charge in [0.2, 0.25) is 0 Å². The molecule has 0 radical (unpaired) electrons. The fraction of sp³-hybridized carbons (Fsp3) is 0.294. The van der Waals surface area contributed by atoms with Gasteiger partial charge in [-0.2, -0.15) is 10.4 Å². The molecule has 1 fully saturated rings. The molecule has 10 heteroatoms. The number of aromatic nitrogens is 4. The first kappa shape index (κ1) is 17.1. The second-order valence-electron chi connectivity index (χ2n) is 6.34. The first-order chi connectivity index (χ1) is 13.0. The fourth-order valence-corrected chi connectivity index (χ4v) is 3.50. The van der Waals surface area contributed by atoms with Gasteiger partial charge in [-0.3, -0.25) is 9.97 Å². The molecular weight excluding hydrogens is 361 g/mol. The Morgan fingerprint density at radius 2 is 1.96 bits per heavy atom. The molecule has 1 aromatic carbocycles. The van der Waals surface area contributed by atoms with Crippen LogP contribution in [0.15, 0.2) is 17.1 Å². The summed E-state index contributed by atoms with van der Waals surface area (Å²) >= 11 is 0. The third-order valence-electron chi connectivity index (χ3n) is 4.81. The van der Waals surface area contributed by atoms with Crippen LogP contribution in [0.2, 0.25) is 0 Å². The number of nitrogens with zero attached hydrogens (tertiary/aromatic N) is 4. The molecule has 0 unspecified atom stereocenters. The SMILES string of the molecule is N#Cc1cnc2c(F)c(F)c(F)cc2c1N1CCC(c2n[nH]c(=O)[nH]2)CC1. The maximum Gasteiger partial charge on any atom is 0.340 e. The van der Waals surface area contributed by atoms with E-state index < -0.39 is 17.5 Å². The molecule has 1 aliphatic rings. The highest BCUT2D eigenvalue weighted by atomic mass is 19.2. The summed E-state index contributed by atoms with van der Waals surface area (Å²) in [5.41, 5.74) is -0.220. The van der Waals surface area contributed by atoms with E-state index in [1.54, 1.807) is 0 Å². The van der Waals surface area contributed by atoms with E-state index in [0.717, 1.165) is 12.3 Å². The van der Waals surface area contributed by atoms with Crippen LogP contribution in [0.3, 0.4) is 0 Å². The van der Waals surface area contributed by atoms with Gasteiger partial charge in [-0.1, -0.05) is 0 Å². The van der Waals surface area contributed by atoms with Crippen molar-refractivity contribution < 1.29 is 13.2 Å². The molecule has 0 bridgehead atoms. The summed E-state index contributed by atoms with van der Waals surface area (Å²) in [6.45, 7) is 0.932. The quantitative estimate of drug-likeness (QED) is 0.671. The third kappa shape index (κ3) is 2.81. The number of nitriles is 1. The van der Waals surface area contributed by atoms with Crippen LogP contribution < -0.4 is 10.6 Å². The van der Waals surface area contributed by atoms with Crippen molar-refractivity contribution in [3.63, 3.8) is 0 Å². The number of benzene rings is 1. The van der Waals surface area contributed by atoms with Gasteiger partial charge in [-0.15, -0.1) is 0 Å². The van der Waals surface area contributed by atoms with E-state index in [9.17, 15) is 23.2 Å². The largest absolute Gasteiger partial charge is 0.370 e. The number of aromatic amines is 2. The van der Waals surface area contributed by atoms with Crippen molar-refractivity contribution in [1.29, 1.82) is 5.26 Å². The zero-order valence-electron chi connectivity index (χ0n) is 13.9. The minimum absolute atomic E-state index is 0.0183. The average Bonchev–Trinajstić information content (AvgIpc) is 3.12. The predicted octanol–water partition coefficient (Wildman–Crippen LogP) is 2.32. The summed E-state index contributed by atoms with van der Waals surface area (Å²) in [6, 6.07) is 2.85. The van der Waals surface area contributed by atoms with Gasteiger partial charge in [-0.25, -0.2) is 23.1 Å². The minimum atomic E-state index is -1.59. The second-order valence-corrected chi connectivity index (χ2v) is 6.34. The molecule has 1 aliphatic heterocycles. The molecule has 0 saturated carbocycles. The van der Waals surface area contributed by atoms with Crippen LogP contribution in [0, 0.1) is 28.8 Å². The van der Waals surface area contributed by atoms with Crippen LogP contribution in [0.4, 0.5) is 18.9 Å². The van der Waals surface area contributed by atoms with E-state index >= 15 is 0 Å². The average molecular weight is 374 g/mol. The van der Waals surface area contributed by atoms with Gasteiger partial charge in [0, 0.05) is 30.6 Å². The number of H-pyrrole nitrogens is 2. The standard InChI is InChI=1S/C17H13F3N6O/c18-11-5-10-14(13(20)12(11)19)22-7-9(6-21)15(10)26-3-1-8(2-4-26)16-23-17(27)25-24-16/h5,7-8H,1-4H2,(H2,23,24,25,27). The van der Waals surface area contributed by atoms with Gasteiger partial charge in [0.15, 0.2) is 17.5 Å². The highest BCUT2D eigenvalue weighted by Gasteiger charge is 2.27. The van der Waals surface area contributed by atoms with Crippen LogP contribution in [-0.2, 0) is 0 Å². The maximum atomic E-state index is 14.1. The Hall–Kier alpha value is -3.35. The van der Waals surface area contributed by atoms with Crippen molar-refractivity contribution in [1.82, 2.24) is 20.2 Å². The fourth-order valence-electron chi connectivity index (χ4n) is 3.50. The van der Waals surface area contributed by atoms with E-state index in [1.807, 2.05) is 11.0 Å². The Bertz CT molecular complexity index is 1120. The van der Waals surface area contributed by atoms with Crippen molar-refractivity contribution in [2.75, 3.05) is 18.0 Å².